The highest BCUT2D eigenvalue weighted by molar-refractivity contribution is 5.17. The molecular weight excluding hydrogens is 263 g/mol. The third-order valence-corrected chi connectivity index (χ3v) is 4.84. The first kappa shape index (κ1) is 16.4. The Kier molecular flexibility index (Phi) is 6.19. The van der Waals surface area contributed by atoms with E-state index in [2.05, 4.69) is 11.8 Å². The number of rotatable bonds is 6. The molecule has 1 saturated carbocycles. The van der Waals surface area contributed by atoms with Crippen LogP contribution in [0.15, 0.2) is 24.3 Å². The molecule has 0 amide bonds. The summed E-state index contributed by atoms with van der Waals surface area (Å²) in [7, 11) is 0. The molecule has 0 aromatic heterocycles. The van der Waals surface area contributed by atoms with Crippen molar-refractivity contribution in [1.29, 1.82) is 0 Å². The number of nitrogens with two attached hydrogens (primary N) is 1. The zero-order chi connectivity index (χ0) is 15.1. The zero-order valence-electron chi connectivity index (χ0n) is 13.3. The minimum Gasteiger partial charge on any atom is -0.329 e. The third-order valence-electron chi connectivity index (χ3n) is 4.84. The van der Waals surface area contributed by atoms with Gasteiger partial charge in [-0.25, -0.2) is 4.39 Å². The molecule has 0 aliphatic heterocycles. The van der Waals surface area contributed by atoms with Crippen LogP contribution in [0.2, 0.25) is 0 Å². The Morgan fingerprint density at radius 2 is 1.90 bits per heavy atom. The molecule has 1 aromatic carbocycles. The lowest BCUT2D eigenvalue weighted by Crippen LogP contribution is -2.53. The highest BCUT2D eigenvalue weighted by Crippen LogP contribution is 2.33. The van der Waals surface area contributed by atoms with Gasteiger partial charge in [0, 0.05) is 18.6 Å². The van der Waals surface area contributed by atoms with Crippen LogP contribution in [-0.2, 0) is 6.54 Å². The van der Waals surface area contributed by atoms with Crippen LogP contribution < -0.4 is 5.73 Å². The fraction of sp³-hybridized carbons (Fsp3) is 0.667. The Bertz CT molecular complexity index is 425. The minimum atomic E-state index is -0.147. The first-order valence-corrected chi connectivity index (χ1v) is 8.40. The van der Waals surface area contributed by atoms with Gasteiger partial charge in [0.25, 0.3) is 0 Å². The van der Waals surface area contributed by atoms with E-state index >= 15 is 0 Å². The van der Waals surface area contributed by atoms with Crippen molar-refractivity contribution in [3.05, 3.63) is 35.6 Å². The van der Waals surface area contributed by atoms with E-state index in [0.717, 1.165) is 25.1 Å². The van der Waals surface area contributed by atoms with Crippen LogP contribution in [-0.4, -0.2) is 23.5 Å². The summed E-state index contributed by atoms with van der Waals surface area (Å²) in [4.78, 5) is 2.52. The van der Waals surface area contributed by atoms with E-state index in [1.807, 2.05) is 6.07 Å². The molecule has 2 N–H and O–H groups in total. The van der Waals surface area contributed by atoms with Gasteiger partial charge in [-0.15, -0.1) is 0 Å². The van der Waals surface area contributed by atoms with E-state index in [-0.39, 0.29) is 11.4 Å². The summed E-state index contributed by atoms with van der Waals surface area (Å²) in [5, 5.41) is 0. The van der Waals surface area contributed by atoms with E-state index in [1.165, 1.54) is 44.6 Å². The first-order chi connectivity index (χ1) is 10.2. The Labute approximate surface area is 128 Å². The second-order valence-electron chi connectivity index (χ2n) is 6.39. The van der Waals surface area contributed by atoms with E-state index in [4.69, 9.17) is 5.73 Å². The maximum Gasteiger partial charge on any atom is 0.123 e. The van der Waals surface area contributed by atoms with Crippen molar-refractivity contribution in [2.24, 2.45) is 5.73 Å². The van der Waals surface area contributed by atoms with Crippen molar-refractivity contribution in [1.82, 2.24) is 4.90 Å². The topological polar surface area (TPSA) is 29.3 Å². The van der Waals surface area contributed by atoms with E-state index in [9.17, 15) is 4.39 Å². The van der Waals surface area contributed by atoms with Crippen LogP contribution in [0.1, 0.15) is 57.4 Å². The molecule has 3 heteroatoms. The molecule has 0 spiro atoms. The van der Waals surface area contributed by atoms with Gasteiger partial charge >= 0.3 is 0 Å². The Morgan fingerprint density at radius 1 is 1.19 bits per heavy atom. The van der Waals surface area contributed by atoms with Gasteiger partial charge in [-0.2, -0.15) is 0 Å². The molecule has 0 radical (unpaired) electrons. The second-order valence-corrected chi connectivity index (χ2v) is 6.39. The SMILES string of the molecule is CCCN(Cc1cccc(F)c1)C1(CN)CCCCCC1. The number of hydrogen-bond donors (Lipinski definition) is 1. The first-order valence-electron chi connectivity index (χ1n) is 8.40. The fourth-order valence-corrected chi connectivity index (χ4v) is 3.65. The Morgan fingerprint density at radius 3 is 2.48 bits per heavy atom. The number of hydrogen-bond acceptors (Lipinski definition) is 2. The van der Waals surface area contributed by atoms with E-state index in [1.54, 1.807) is 12.1 Å². The quantitative estimate of drug-likeness (QED) is 0.800. The maximum absolute atomic E-state index is 13.4. The summed E-state index contributed by atoms with van der Waals surface area (Å²) in [6, 6.07) is 6.99. The lowest BCUT2D eigenvalue weighted by atomic mass is 9.87. The van der Waals surface area contributed by atoms with Gasteiger partial charge in [0.05, 0.1) is 0 Å². The number of nitrogens with zero attached hydrogens (tertiary/aromatic N) is 1. The molecule has 2 rings (SSSR count). The summed E-state index contributed by atoms with van der Waals surface area (Å²) < 4.78 is 13.4. The lowest BCUT2D eigenvalue weighted by Gasteiger charge is -2.43. The van der Waals surface area contributed by atoms with Gasteiger partial charge in [0.15, 0.2) is 0 Å². The highest BCUT2D eigenvalue weighted by atomic mass is 19.1. The van der Waals surface area contributed by atoms with Gasteiger partial charge in [0.2, 0.25) is 0 Å². The summed E-state index contributed by atoms with van der Waals surface area (Å²) >= 11 is 0. The van der Waals surface area contributed by atoms with Gasteiger partial charge < -0.3 is 5.73 Å². The molecule has 0 saturated heterocycles. The van der Waals surface area contributed by atoms with Crippen molar-refractivity contribution >= 4 is 0 Å². The molecule has 1 aliphatic carbocycles. The molecule has 0 unspecified atom stereocenters. The summed E-state index contributed by atoms with van der Waals surface area (Å²) in [5.74, 6) is -0.147. The molecule has 118 valence electrons. The van der Waals surface area contributed by atoms with Crippen molar-refractivity contribution in [2.45, 2.75) is 64.0 Å². The monoisotopic (exact) mass is 292 g/mol. The van der Waals surface area contributed by atoms with Gasteiger partial charge in [-0.1, -0.05) is 44.7 Å². The fourth-order valence-electron chi connectivity index (χ4n) is 3.65. The molecule has 1 aromatic rings. The van der Waals surface area contributed by atoms with Gasteiger partial charge in [-0.3, -0.25) is 4.90 Å². The predicted molar refractivity (Wildman–Crippen MR) is 86.6 cm³/mol. The smallest absolute Gasteiger partial charge is 0.123 e. The van der Waals surface area contributed by atoms with E-state index < -0.39 is 0 Å². The van der Waals surface area contributed by atoms with E-state index in [0.29, 0.717) is 6.54 Å². The second kappa shape index (κ2) is 7.90. The predicted octanol–water partition coefficient (Wildman–Crippen LogP) is 4.09. The van der Waals surface area contributed by atoms with Crippen LogP contribution in [0, 0.1) is 5.82 Å². The van der Waals surface area contributed by atoms with Crippen LogP contribution in [0.5, 0.6) is 0 Å². The van der Waals surface area contributed by atoms with Crippen LogP contribution in [0.4, 0.5) is 4.39 Å². The Balaban J connectivity index is 2.18. The lowest BCUT2D eigenvalue weighted by molar-refractivity contribution is 0.0696. The molecule has 1 fully saturated rings. The van der Waals surface area contributed by atoms with Crippen LogP contribution in [0.25, 0.3) is 0 Å². The average Bonchev–Trinajstić information content (AvgIpc) is 2.73. The zero-order valence-corrected chi connectivity index (χ0v) is 13.3. The highest BCUT2D eigenvalue weighted by Gasteiger charge is 2.35. The molecular formula is C18H29FN2. The van der Waals surface area contributed by atoms with Gasteiger partial charge in [0.1, 0.15) is 5.82 Å². The maximum atomic E-state index is 13.4. The van der Waals surface area contributed by atoms with Crippen molar-refractivity contribution in [3.63, 3.8) is 0 Å². The van der Waals surface area contributed by atoms with Gasteiger partial charge in [-0.05, 0) is 43.5 Å². The van der Waals surface area contributed by atoms with Crippen molar-refractivity contribution in [2.75, 3.05) is 13.1 Å². The van der Waals surface area contributed by atoms with Crippen LogP contribution >= 0.6 is 0 Å². The molecule has 0 heterocycles. The largest absolute Gasteiger partial charge is 0.329 e. The summed E-state index contributed by atoms with van der Waals surface area (Å²) in [6.07, 6.45) is 8.64. The summed E-state index contributed by atoms with van der Waals surface area (Å²) in [6.45, 7) is 4.76. The standard InChI is InChI=1S/C18H29FN2/c1-2-12-21(14-16-8-7-9-17(19)13-16)18(15-20)10-5-3-4-6-11-18/h7-9,13H,2-6,10-12,14-15,20H2,1H3. The Hall–Kier alpha value is -0.930. The third kappa shape index (κ3) is 4.27. The summed E-state index contributed by atoms with van der Waals surface area (Å²) in [5.41, 5.74) is 7.37. The molecule has 1 aliphatic rings. The molecule has 21 heavy (non-hydrogen) atoms. The number of halogens is 1. The average molecular weight is 292 g/mol. The molecule has 0 atom stereocenters. The van der Waals surface area contributed by atoms with Crippen molar-refractivity contribution in [3.8, 4) is 0 Å². The molecule has 0 bridgehead atoms. The minimum absolute atomic E-state index is 0.110. The molecule has 2 nitrogen and oxygen atoms in total. The van der Waals surface area contributed by atoms with Crippen LogP contribution in [0.3, 0.4) is 0 Å². The normalized spacial score (nSPS) is 18.7. The van der Waals surface area contributed by atoms with Crippen molar-refractivity contribution < 1.29 is 4.39 Å². The number of benzene rings is 1.